The lowest BCUT2D eigenvalue weighted by Crippen LogP contribution is -2.35. The molecule has 1 N–H and O–H groups in total. The van der Waals surface area contributed by atoms with Gasteiger partial charge in [-0.1, -0.05) is 23.7 Å². The van der Waals surface area contributed by atoms with Crippen LogP contribution in [0.4, 0.5) is 0 Å². The van der Waals surface area contributed by atoms with Crippen LogP contribution in [0.1, 0.15) is 24.0 Å². The van der Waals surface area contributed by atoms with E-state index in [9.17, 15) is 5.11 Å². The molecule has 0 atom stereocenters. The van der Waals surface area contributed by atoms with E-state index in [2.05, 4.69) is 41.1 Å². The molecule has 1 aliphatic rings. The Hall–Kier alpha value is -1.16. The summed E-state index contributed by atoms with van der Waals surface area (Å²) in [5, 5.41) is 11.3. The van der Waals surface area contributed by atoms with Crippen molar-refractivity contribution in [1.82, 2.24) is 9.88 Å². The highest BCUT2D eigenvalue weighted by molar-refractivity contribution is 6.30. The van der Waals surface area contributed by atoms with E-state index in [0.717, 1.165) is 48.9 Å². The van der Waals surface area contributed by atoms with Crippen LogP contribution in [-0.4, -0.2) is 34.2 Å². The maximum atomic E-state index is 9.55. The first-order valence-corrected chi connectivity index (χ1v) is 7.46. The molecule has 0 aliphatic carbocycles. The fourth-order valence-corrected chi connectivity index (χ4v) is 2.93. The number of likely N-dealkylation sites (tertiary alicyclic amines) is 1. The van der Waals surface area contributed by atoms with Gasteiger partial charge < -0.3 is 5.11 Å². The van der Waals surface area contributed by atoms with Crippen molar-refractivity contribution in [2.24, 2.45) is 0 Å². The normalized spacial score (nSPS) is 17.8. The third-order valence-corrected chi connectivity index (χ3v) is 4.28. The molecule has 0 bridgehead atoms. The molecule has 20 heavy (non-hydrogen) atoms. The van der Waals surface area contributed by atoms with E-state index in [1.165, 1.54) is 5.56 Å². The van der Waals surface area contributed by atoms with Crippen LogP contribution in [0, 0.1) is 6.92 Å². The lowest BCUT2D eigenvalue weighted by Gasteiger charge is -2.29. The molecular weight excluding hydrogens is 272 g/mol. The third-order valence-electron chi connectivity index (χ3n) is 3.95. The Morgan fingerprint density at radius 2 is 2.05 bits per heavy atom. The molecule has 1 aliphatic heterocycles. The Bertz CT molecular complexity index is 621. The van der Waals surface area contributed by atoms with Crippen LogP contribution in [-0.2, 0) is 6.54 Å². The molecule has 2 aromatic rings. The van der Waals surface area contributed by atoms with Gasteiger partial charge >= 0.3 is 0 Å². The summed E-state index contributed by atoms with van der Waals surface area (Å²) in [6.45, 7) is 4.71. The van der Waals surface area contributed by atoms with Gasteiger partial charge in [-0.2, -0.15) is 0 Å². The number of piperidine rings is 1. The molecule has 0 unspecified atom stereocenters. The number of hydrogen-bond acceptors (Lipinski definition) is 3. The summed E-state index contributed by atoms with van der Waals surface area (Å²) in [5.74, 6) is 0. The SMILES string of the molecule is Cc1ccc2cc(CN3CCC(O)CC3)c(Cl)nc2c1. The van der Waals surface area contributed by atoms with Crippen LogP contribution in [0.2, 0.25) is 5.15 Å². The van der Waals surface area contributed by atoms with Gasteiger partial charge in [-0.3, -0.25) is 4.90 Å². The number of rotatable bonds is 2. The summed E-state index contributed by atoms with van der Waals surface area (Å²) < 4.78 is 0. The molecule has 0 saturated carbocycles. The second-order valence-electron chi connectivity index (χ2n) is 5.64. The van der Waals surface area contributed by atoms with Crippen LogP contribution in [0.15, 0.2) is 24.3 Å². The van der Waals surface area contributed by atoms with Gasteiger partial charge in [-0.05, 0) is 37.5 Å². The molecule has 3 rings (SSSR count). The van der Waals surface area contributed by atoms with Crippen molar-refractivity contribution >= 4 is 22.5 Å². The Kier molecular flexibility index (Phi) is 3.92. The average molecular weight is 291 g/mol. The van der Waals surface area contributed by atoms with Gasteiger partial charge in [0.05, 0.1) is 11.6 Å². The quantitative estimate of drug-likeness (QED) is 0.863. The molecule has 0 radical (unpaired) electrons. The maximum Gasteiger partial charge on any atom is 0.134 e. The van der Waals surface area contributed by atoms with Crippen molar-refractivity contribution < 1.29 is 5.11 Å². The first-order chi connectivity index (χ1) is 9.61. The van der Waals surface area contributed by atoms with Gasteiger partial charge in [-0.25, -0.2) is 4.98 Å². The van der Waals surface area contributed by atoms with Crippen molar-refractivity contribution in [3.05, 3.63) is 40.5 Å². The first-order valence-electron chi connectivity index (χ1n) is 7.08. The van der Waals surface area contributed by atoms with E-state index in [-0.39, 0.29) is 6.10 Å². The fraction of sp³-hybridized carbons (Fsp3) is 0.438. The number of aryl methyl sites for hydroxylation is 1. The zero-order chi connectivity index (χ0) is 14.1. The number of aromatic nitrogens is 1. The topological polar surface area (TPSA) is 36.4 Å². The van der Waals surface area contributed by atoms with Gasteiger partial charge in [0.1, 0.15) is 5.15 Å². The van der Waals surface area contributed by atoms with Crippen molar-refractivity contribution in [3.8, 4) is 0 Å². The summed E-state index contributed by atoms with van der Waals surface area (Å²) in [6.07, 6.45) is 1.55. The van der Waals surface area contributed by atoms with E-state index in [1.54, 1.807) is 0 Å². The predicted octanol–water partition coefficient (Wildman–Crippen LogP) is 3.15. The van der Waals surface area contributed by atoms with Crippen LogP contribution in [0.3, 0.4) is 0 Å². The molecule has 1 fully saturated rings. The van der Waals surface area contributed by atoms with Crippen molar-refractivity contribution in [2.75, 3.05) is 13.1 Å². The Balaban J connectivity index is 1.84. The first kappa shape index (κ1) is 13.8. The number of benzene rings is 1. The lowest BCUT2D eigenvalue weighted by molar-refractivity contribution is 0.0792. The van der Waals surface area contributed by atoms with E-state index in [1.807, 2.05) is 0 Å². The number of aliphatic hydroxyl groups excluding tert-OH is 1. The lowest BCUT2D eigenvalue weighted by atomic mass is 10.1. The van der Waals surface area contributed by atoms with Crippen LogP contribution in [0.5, 0.6) is 0 Å². The molecule has 1 aromatic carbocycles. The van der Waals surface area contributed by atoms with E-state index in [4.69, 9.17) is 11.6 Å². The van der Waals surface area contributed by atoms with Crippen LogP contribution < -0.4 is 0 Å². The highest BCUT2D eigenvalue weighted by Gasteiger charge is 2.18. The molecule has 106 valence electrons. The van der Waals surface area contributed by atoms with Gasteiger partial charge in [0.15, 0.2) is 0 Å². The second-order valence-corrected chi connectivity index (χ2v) is 6.00. The summed E-state index contributed by atoms with van der Waals surface area (Å²) in [4.78, 5) is 6.84. The summed E-state index contributed by atoms with van der Waals surface area (Å²) in [6, 6.07) is 8.38. The van der Waals surface area contributed by atoms with Crippen molar-refractivity contribution in [1.29, 1.82) is 0 Å². The predicted molar refractivity (Wildman–Crippen MR) is 82.0 cm³/mol. The van der Waals surface area contributed by atoms with Gasteiger partial charge in [0.25, 0.3) is 0 Å². The van der Waals surface area contributed by atoms with Crippen LogP contribution in [0.25, 0.3) is 10.9 Å². The van der Waals surface area contributed by atoms with Gasteiger partial charge in [0.2, 0.25) is 0 Å². The minimum absolute atomic E-state index is 0.139. The minimum Gasteiger partial charge on any atom is -0.393 e. The Morgan fingerprint density at radius 1 is 1.30 bits per heavy atom. The van der Waals surface area contributed by atoms with E-state index < -0.39 is 0 Å². The monoisotopic (exact) mass is 290 g/mol. The molecule has 0 spiro atoms. The molecule has 2 heterocycles. The summed E-state index contributed by atoms with van der Waals surface area (Å²) in [5.41, 5.74) is 3.21. The number of halogens is 1. The second kappa shape index (κ2) is 5.68. The number of aliphatic hydroxyl groups is 1. The summed E-state index contributed by atoms with van der Waals surface area (Å²) in [7, 11) is 0. The molecule has 1 saturated heterocycles. The summed E-state index contributed by atoms with van der Waals surface area (Å²) >= 11 is 6.32. The van der Waals surface area contributed by atoms with Crippen molar-refractivity contribution in [3.63, 3.8) is 0 Å². The van der Waals surface area contributed by atoms with E-state index >= 15 is 0 Å². The number of nitrogens with zero attached hydrogens (tertiary/aromatic N) is 2. The molecule has 0 amide bonds. The highest BCUT2D eigenvalue weighted by atomic mass is 35.5. The fourth-order valence-electron chi connectivity index (χ4n) is 2.73. The largest absolute Gasteiger partial charge is 0.393 e. The standard InChI is InChI=1S/C16H19ClN2O/c1-11-2-3-12-9-13(16(17)18-15(12)8-11)10-19-6-4-14(20)5-7-19/h2-3,8-9,14,20H,4-7,10H2,1H3. The van der Waals surface area contributed by atoms with Crippen LogP contribution >= 0.6 is 11.6 Å². The molecule has 3 nitrogen and oxygen atoms in total. The smallest absolute Gasteiger partial charge is 0.134 e. The molecule has 4 heteroatoms. The average Bonchev–Trinajstić information content (AvgIpc) is 2.42. The zero-order valence-corrected chi connectivity index (χ0v) is 12.4. The minimum atomic E-state index is -0.139. The number of fused-ring (bicyclic) bond motifs is 1. The highest BCUT2D eigenvalue weighted by Crippen LogP contribution is 2.24. The van der Waals surface area contributed by atoms with E-state index in [0.29, 0.717) is 5.15 Å². The third kappa shape index (κ3) is 2.95. The van der Waals surface area contributed by atoms with Gasteiger partial charge in [-0.15, -0.1) is 0 Å². The number of hydrogen-bond donors (Lipinski definition) is 1. The molecular formula is C16H19ClN2O. The number of pyridine rings is 1. The van der Waals surface area contributed by atoms with Gasteiger partial charge in [0, 0.05) is 30.6 Å². The molecule has 1 aromatic heterocycles. The zero-order valence-electron chi connectivity index (χ0n) is 11.6. The maximum absolute atomic E-state index is 9.55. The Labute approximate surface area is 124 Å². The van der Waals surface area contributed by atoms with Crippen molar-refractivity contribution in [2.45, 2.75) is 32.4 Å². The Morgan fingerprint density at radius 3 is 2.80 bits per heavy atom.